The van der Waals surface area contributed by atoms with Crippen LogP contribution in [0.4, 0.5) is 0 Å². The van der Waals surface area contributed by atoms with E-state index in [1.807, 2.05) is 0 Å². The molecule has 1 aliphatic rings. The van der Waals surface area contributed by atoms with Gasteiger partial charge < -0.3 is 14.4 Å². The molecule has 0 unspecified atom stereocenters. The monoisotopic (exact) mass is 229 g/mol. The molecule has 0 saturated heterocycles. The van der Waals surface area contributed by atoms with Crippen LogP contribution < -0.4 is 0 Å². The second-order valence-corrected chi connectivity index (χ2v) is 4.24. The molecule has 0 aliphatic heterocycles. The van der Waals surface area contributed by atoms with Gasteiger partial charge in [-0.2, -0.15) is 0 Å². The van der Waals surface area contributed by atoms with E-state index < -0.39 is 5.97 Å². The van der Waals surface area contributed by atoms with Gasteiger partial charge in [0.15, 0.2) is 0 Å². The van der Waals surface area contributed by atoms with Crippen molar-refractivity contribution in [2.75, 3.05) is 27.8 Å². The molecule has 0 aromatic carbocycles. The van der Waals surface area contributed by atoms with Crippen molar-refractivity contribution < 1.29 is 19.1 Å². The zero-order valence-electron chi connectivity index (χ0n) is 10.1. The molecule has 5 nitrogen and oxygen atoms in total. The molecule has 1 fully saturated rings. The van der Waals surface area contributed by atoms with E-state index in [1.165, 1.54) is 12.0 Å². The number of methoxy groups -OCH3 is 2. The van der Waals surface area contributed by atoms with E-state index in [0.29, 0.717) is 6.42 Å². The average Bonchev–Trinajstić information content (AvgIpc) is 2.22. The number of carbonyl (C=O) groups excluding carboxylic acids is 2. The van der Waals surface area contributed by atoms with Crippen molar-refractivity contribution in [1.82, 2.24) is 4.90 Å². The maximum Gasteiger partial charge on any atom is 0.325 e. The first kappa shape index (κ1) is 13.0. The van der Waals surface area contributed by atoms with Crippen LogP contribution in [-0.2, 0) is 19.1 Å². The molecule has 16 heavy (non-hydrogen) atoms. The van der Waals surface area contributed by atoms with E-state index in [2.05, 4.69) is 4.74 Å². The lowest BCUT2D eigenvalue weighted by atomic mass is 9.77. The number of hydrogen-bond donors (Lipinski definition) is 0. The minimum absolute atomic E-state index is 0.00483. The lowest BCUT2D eigenvalue weighted by Crippen LogP contribution is -2.45. The first-order valence-electron chi connectivity index (χ1n) is 5.39. The van der Waals surface area contributed by atoms with Crippen LogP contribution in [0.2, 0.25) is 0 Å². The van der Waals surface area contributed by atoms with Crippen molar-refractivity contribution >= 4 is 11.9 Å². The van der Waals surface area contributed by atoms with E-state index in [-0.39, 0.29) is 18.1 Å². The Labute approximate surface area is 95.7 Å². The zero-order valence-corrected chi connectivity index (χ0v) is 10.1. The normalized spacial score (nSPS) is 17.4. The molecule has 1 amide bonds. The van der Waals surface area contributed by atoms with Gasteiger partial charge in [-0.3, -0.25) is 9.59 Å². The molecule has 0 radical (unpaired) electrons. The van der Waals surface area contributed by atoms with Gasteiger partial charge >= 0.3 is 5.97 Å². The van der Waals surface area contributed by atoms with Gasteiger partial charge in [0.2, 0.25) is 5.91 Å². The number of hydrogen-bond acceptors (Lipinski definition) is 4. The molecule has 1 rings (SSSR count). The first-order chi connectivity index (χ1) is 7.53. The second kappa shape index (κ2) is 5.30. The summed E-state index contributed by atoms with van der Waals surface area (Å²) in [7, 11) is 4.54. The Morgan fingerprint density at radius 1 is 1.31 bits per heavy atom. The van der Waals surface area contributed by atoms with Gasteiger partial charge in [0.1, 0.15) is 6.54 Å². The Bertz CT molecular complexity index is 268. The third-order valence-electron chi connectivity index (χ3n) is 3.19. The Morgan fingerprint density at radius 2 is 1.94 bits per heavy atom. The number of ether oxygens (including phenoxy) is 2. The summed E-state index contributed by atoms with van der Waals surface area (Å²) in [5.41, 5.74) is -0.290. The summed E-state index contributed by atoms with van der Waals surface area (Å²) in [6, 6.07) is 0. The highest BCUT2D eigenvalue weighted by atomic mass is 16.5. The Kier molecular flexibility index (Phi) is 4.29. The summed E-state index contributed by atoms with van der Waals surface area (Å²) in [6.07, 6.45) is 3.28. The number of nitrogens with zero attached hydrogens (tertiary/aromatic N) is 1. The minimum Gasteiger partial charge on any atom is -0.468 e. The largest absolute Gasteiger partial charge is 0.468 e. The van der Waals surface area contributed by atoms with Crippen LogP contribution in [-0.4, -0.2) is 50.2 Å². The molecular formula is C11H19NO4. The van der Waals surface area contributed by atoms with Gasteiger partial charge in [0.25, 0.3) is 0 Å². The molecule has 0 aromatic rings. The number of rotatable bonds is 5. The van der Waals surface area contributed by atoms with Crippen molar-refractivity contribution in [2.45, 2.75) is 31.3 Å². The van der Waals surface area contributed by atoms with Crippen LogP contribution in [0.15, 0.2) is 0 Å². The highest BCUT2D eigenvalue weighted by molar-refractivity contribution is 5.82. The van der Waals surface area contributed by atoms with Gasteiger partial charge in [-0.05, 0) is 19.3 Å². The first-order valence-corrected chi connectivity index (χ1v) is 5.39. The molecule has 0 aromatic heterocycles. The van der Waals surface area contributed by atoms with Crippen molar-refractivity contribution in [3.63, 3.8) is 0 Å². The molecule has 0 N–H and O–H groups in total. The summed E-state index contributed by atoms with van der Waals surface area (Å²) >= 11 is 0. The smallest absolute Gasteiger partial charge is 0.325 e. The number of carbonyl (C=O) groups is 2. The van der Waals surface area contributed by atoms with Crippen molar-refractivity contribution in [2.24, 2.45) is 0 Å². The van der Waals surface area contributed by atoms with Gasteiger partial charge in [0, 0.05) is 14.2 Å². The van der Waals surface area contributed by atoms with Gasteiger partial charge in [-0.1, -0.05) is 0 Å². The van der Waals surface area contributed by atoms with E-state index in [1.54, 1.807) is 14.2 Å². The Hall–Kier alpha value is -1.10. The fourth-order valence-electron chi connectivity index (χ4n) is 1.78. The molecule has 0 heterocycles. The van der Waals surface area contributed by atoms with E-state index in [9.17, 15) is 9.59 Å². The van der Waals surface area contributed by atoms with Gasteiger partial charge in [-0.15, -0.1) is 0 Å². The molecule has 0 bridgehead atoms. The molecule has 1 aliphatic carbocycles. The fourth-order valence-corrected chi connectivity index (χ4v) is 1.78. The maximum atomic E-state index is 11.8. The third kappa shape index (κ3) is 2.95. The van der Waals surface area contributed by atoms with Crippen LogP contribution >= 0.6 is 0 Å². The zero-order chi connectivity index (χ0) is 12.2. The van der Waals surface area contributed by atoms with Crippen LogP contribution in [0.25, 0.3) is 0 Å². The predicted molar refractivity (Wildman–Crippen MR) is 57.9 cm³/mol. The summed E-state index contributed by atoms with van der Waals surface area (Å²) in [4.78, 5) is 24.2. The van der Waals surface area contributed by atoms with Crippen LogP contribution in [0.3, 0.4) is 0 Å². The van der Waals surface area contributed by atoms with E-state index in [4.69, 9.17) is 4.74 Å². The molecule has 1 saturated carbocycles. The topological polar surface area (TPSA) is 55.8 Å². The van der Waals surface area contributed by atoms with E-state index in [0.717, 1.165) is 19.3 Å². The summed E-state index contributed by atoms with van der Waals surface area (Å²) in [5.74, 6) is -0.483. The molecule has 0 spiro atoms. The SMILES string of the molecule is COC(=O)CN(C)C(=O)CC1(OC)CCC1. The van der Waals surface area contributed by atoms with Crippen LogP contribution in [0.1, 0.15) is 25.7 Å². The summed E-state index contributed by atoms with van der Waals surface area (Å²) in [5, 5.41) is 0. The standard InChI is InChI=1S/C11H19NO4/c1-12(8-10(14)15-2)9(13)7-11(16-3)5-4-6-11/h4-8H2,1-3H3. The van der Waals surface area contributed by atoms with Gasteiger partial charge in [0.05, 0.1) is 19.1 Å². The average molecular weight is 229 g/mol. The van der Waals surface area contributed by atoms with E-state index >= 15 is 0 Å². The predicted octanol–water partition coefficient (Wildman–Crippen LogP) is 0.577. The molecule has 5 heteroatoms. The summed E-state index contributed by atoms with van der Waals surface area (Å²) in [6.45, 7) is -0.00483. The van der Waals surface area contributed by atoms with Crippen molar-refractivity contribution in [1.29, 1.82) is 0 Å². The van der Waals surface area contributed by atoms with Crippen molar-refractivity contribution in [3.8, 4) is 0 Å². The highest BCUT2D eigenvalue weighted by Gasteiger charge is 2.39. The number of amides is 1. The van der Waals surface area contributed by atoms with Crippen molar-refractivity contribution in [3.05, 3.63) is 0 Å². The second-order valence-electron chi connectivity index (χ2n) is 4.24. The minimum atomic E-state index is -0.407. The van der Waals surface area contributed by atoms with Crippen LogP contribution in [0, 0.1) is 0 Å². The number of likely N-dealkylation sites (N-methyl/N-ethyl adjacent to an activating group) is 1. The fraction of sp³-hybridized carbons (Fsp3) is 0.818. The van der Waals surface area contributed by atoms with Crippen LogP contribution in [0.5, 0.6) is 0 Å². The van der Waals surface area contributed by atoms with Gasteiger partial charge in [-0.25, -0.2) is 0 Å². The Morgan fingerprint density at radius 3 is 2.31 bits per heavy atom. The lowest BCUT2D eigenvalue weighted by molar-refractivity contribution is -0.151. The lowest BCUT2D eigenvalue weighted by Gasteiger charge is -2.40. The molecule has 0 atom stereocenters. The summed E-state index contributed by atoms with van der Waals surface area (Å²) < 4.78 is 9.87. The number of esters is 1. The molecular weight excluding hydrogens is 210 g/mol. The third-order valence-corrected chi connectivity index (χ3v) is 3.19. The quantitative estimate of drug-likeness (QED) is 0.647. The Balaban J connectivity index is 2.42. The highest BCUT2D eigenvalue weighted by Crippen LogP contribution is 2.38. The maximum absolute atomic E-state index is 11.8. The molecule has 92 valence electrons.